The summed E-state index contributed by atoms with van der Waals surface area (Å²) in [5.41, 5.74) is 0. The molecule has 0 N–H and O–H groups in total. The van der Waals surface area contributed by atoms with E-state index in [1.165, 1.54) is 19.3 Å². The van der Waals surface area contributed by atoms with Crippen LogP contribution in [-0.2, 0) is 9.84 Å². The van der Waals surface area contributed by atoms with Crippen LogP contribution >= 0.6 is 0 Å². The number of sulfone groups is 1. The van der Waals surface area contributed by atoms with E-state index in [-0.39, 0.29) is 0 Å². The maximum Gasteiger partial charge on any atom is 0.152 e. The molecule has 0 aromatic carbocycles. The van der Waals surface area contributed by atoms with Crippen LogP contribution in [0.2, 0.25) is 0 Å². The molecule has 0 spiro atoms. The Morgan fingerprint density at radius 3 is 2.23 bits per heavy atom. The smallest absolute Gasteiger partial charge is 0.152 e. The highest BCUT2D eigenvalue weighted by Gasteiger charge is 2.25. The predicted molar refractivity (Wildman–Crippen MR) is 52.4 cm³/mol. The molecule has 1 saturated heterocycles. The van der Waals surface area contributed by atoms with Crippen LogP contribution < -0.4 is 0 Å². The van der Waals surface area contributed by atoms with Gasteiger partial charge in [0.25, 0.3) is 0 Å². The molecule has 3 nitrogen and oxygen atoms in total. The van der Waals surface area contributed by atoms with E-state index in [1.807, 2.05) is 0 Å². The molecule has 0 atom stereocenters. The summed E-state index contributed by atoms with van der Waals surface area (Å²) in [4.78, 5) is 2.31. The molecule has 2 rings (SSSR count). The average molecular weight is 203 g/mol. The maximum atomic E-state index is 11.1. The fourth-order valence-electron chi connectivity index (χ4n) is 1.97. The summed E-state index contributed by atoms with van der Waals surface area (Å²) in [6.07, 6.45) is 4.07. The molecule has 2 fully saturated rings. The van der Waals surface area contributed by atoms with Crippen LogP contribution in [0.5, 0.6) is 0 Å². The molecule has 1 aliphatic carbocycles. The molecule has 4 heteroatoms. The first-order valence-corrected chi connectivity index (χ1v) is 6.91. The number of nitrogens with zero attached hydrogens (tertiary/aromatic N) is 1. The molecular weight excluding hydrogens is 186 g/mol. The van der Waals surface area contributed by atoms with E-state index in [1.54, 1.807) is 0 Å². The van der Waals surface area contributed by atoms with Crippen molar-refractivity contribution < 1.29 is 8.42 Å². The molecule has 1 saturated carbocycles. The van der Waals surface area contributed by atoms with Crippen molar-refractivity contribution in [3.8, 4) is 0 Å². The van der Waals surface area contributed by atoms with Crippen LogP contribution in [0, 0.1) is 5.92 Å². The number of hydrogen-bond donors (Lipinski definition) is 0. The van der Waals surface area contributed by atoms with Crippen molar-refractivity contribution >= 4 is 9.84 Å². The zero-order valence-electron chi connectivity index (χ0n) is 7.91. The third-order valence-electron chi connectivity index (χ3n) is 3.18. The van der Waals surface area contributed by atoms with E-state index in [9.17, 15) is 8.42 Å². The van der Waals surface area contributed by atoms with Crippen LogP contribution in [0.15, 0.2) is 0 Å². The summed E-state index contributed by atoms with van der Waals surface area (Å²) in [6, 6.07) is 0. The molecule has 0 aromatic heterocycles. The minimum absolute atomic E-state index is 0.375. The van der Waals surface area contributed by atoms with E-state index in [0.29, 0.717) is 11.5 Å². The van der Waals surface area contributed by atoms with Crippen LogP contribution in [0.3, 0.4) is 0 Å². The van der Waals surface area contributed by atoms with Crippen molar-refractivity contribution in [1.29, 1.82) is 0 Å². The molecule has 0 amide bonds. The lowest BCUT2D eigenvalue weighted by atomic mass is 9.85. The highest BCUT2D eigenvalue weighted by atomic mass is 32.2. The Balaban J connectivity index is 1.77. The molecular formula is C9H17NO2S. The maximum absolute atomic E-state index is 11.1. The van der Waals surface area contributed by atoms with Gasteiger partial charge in [0.15, 0.2) is 9.84 Å². The molecule has 0 unspecified atom stereocenters. The van der Waals surface area contributed by atoms with Crippen LogP contribution in [0.4, 0.5) is 0 Å². The summed E-state index contributed by atoms with van der Waals surface area (Å²) >= 11 is 0. The fourth-order valence-corrected chi connectivity index (χ4v) is 3.25. The normalized spacial score (nSPS) is 29.8. The van der Waals surface area contributed by atoms with Gasteiger partial charge in [-0.2, -0.15) is 0 Å². The van der Waals surface area contributed by atoms with Gasteiger partial charge in [-0.1, -0.05) is 6.42 Å². The van der Waals surface area contributed by atoms with Crippen molar-refractivity contribution in [2.75, 3.05) is 31.1 Å². The number of hydrogen-bond acceptors (Lipinski definition) is 3. The molecule has 1 aliphatic heterocycles. The van der Waals surface area contributed by atoms with Crippen LogP contribution in [0.1, 0.15) is 19.3 Å². The Labute approximate surface area is 80.0 Å². The quantitative estimate of drug-likeness (QED) is 0.656. The Morgan fingerprint density at radius 1 is 1.15 bits per heavy atom. The average Bonchev–Trinajstić information content (AvgIpc) is 1.99. The molecule has 13 heavy (non-hydrogen) atoms. The lowest BCUT2D eigenvalue weighted by molar-refractivity contribution is 0.188. The van der Waals surface area contributed by atoms with Gasteiger partial charge in [0.05, 0.1) is 11.5 Å². The largest absolute Gasteiger partial charge is 0.301 e. The first-order valence-electron chi connectivity index (χ1n) is 5.08. The summed E-state index contributed by atoms with van der Waals surface area (Å²) in [5.74, 6) is 1.61. The van der Waals surface area contributed by atoms with Crippen molar-refractivity contribution in [2.45, 2.75) is 19.3 Å². The summed E-state index contributed by atoms with van der Waals surface area (Å²) in [5, 5.41) is 0. The first-order chi connectivity index (χ1) is 6.16. The van der Waals surface area contributed by atoms with E-state index < -0.39 is 9.84 Å². The monoisotopic (exact) mass is 203 g/mol. The third kappa shape index (κ3) is 2.44. The molecule has 1 heterocycles. The highest BCUT2D eigenvalue weighted by molar-refractivity contribution is 7.91. The van der Waals surface area contributed by atoms with Crippen LogP contribution in [0.25, 0.3) is 0 Å². The van der Waals surface area contributed by atoms with Gasteiger partial charge >= 0.3 is 0 Å². The van der Waals surface area contributed by atoms with E-state index >= 15 is 0 Å². The fraction of sp³-hybridized carbons (Fsp3) is 1.00. The van der Waals surface area contributed by atoms with E-state index in [0.717, 1.165) is 25.6 Å². The molecule has 76 valence electrons. The minimum atomic E-state index is -2.68. The lowest BCUT2D eigenvalue weighted by Crippen LogP contribution is -2.43. The van der Waals surface area contributed by atoms with Gasteiger partial charge in [0, 0.05) is 19.6 Å². The summed E-state index contributed by atoms with van der Waals surface area (Å²) in [7, 11) is -2.68. The Hall–Kier alpha value is -0.0900. The topological polar surface area (TPSA) is 37.4 Å². The molecule has 2 aliphatic rings. The summed E-state index contributed by atoms with van der Waals surface area (Å²) in [6.45, 7) is 2.66. The first kappa shape index (κ1) is 9.46. The van der Waals surface area contributed by atoms with Crippen LogP contribution in [-0.4, -0.2) is 44.5 Å². The van der Waals surface area contributed by atoms with E-state index in [4.69, 9.17) is 0 Å². The molecule has 0 aromatic rings. The third-order valence-corrected chi connectivity index (χ3v) is 4.79. The second kappa shape index (κ2) is 3.58. The van der Waals surface area contributed by atoms with Crippen molar-refractivity contribution in [2.24, 2.45) is 5.92 Å². The van der Waals surface area contributed by atoms with Gasteiger partial charge in [-0.15, -0.1) is 0 Å². The van der Waals surface area contributed by atoms with Gasteiger partial charge in [-0.05, 0) is 18.8 Å². The Morgan fingerprint density at radius 2 is 1.77 bits per heavy atom. The second-order valence-electron chi connectivity index (χ2n) is 4.25. The number of rotatable bonds is 2. The van der Waals surface area contributed by atoms with Gasteiger partial charge in [0.2, 0.25) is 0 Å². The van der Waals surface area contributed by atoms with E-state index in [2.05, 4.69) is 4.90 Å². The second-order valence-corrected chi connectivity index (χ2v) is 6.55. The SMILES string of the molecule is O=S1(=O)CCN(CC2CCC2)CC1. The summed E-state index contributed by atoms with van der Waals surface area (Å²) < 4.78 is 22.3. The zero-order valence-corrected chi connectivity index (χ0v) is 8.72. The van der Waals surface area contributed by atoms with Crippen molar-refractivity contribution in [1.82, 2.24) is 4.90 Å². The minimum Gasteiger partial charge on any atom is -0.301 e. The van der Waals surface area contributed by atoms with Gasteiger partial charge in [0.1, 0.15) is 0 Å². The molecule has 0 radical (unpaired) electrons. The Kier molecular flexibility index (Phi) is 2.60. The highest BCUT2D eigenvalue weighted by Crippen LogP contribution is 2.27. The van der Waals surface area contributed by atoms with Gasteiger partial charge in [-0.25, -0.2) is 8.42 Å². The Bertz CT molecular complexity index is 255. The zero-order chi connectivity index (χ0) is 9.31. The lowest BCUT2D eigenvalue weighted by Gasteiger charge is -2.34. The van der Waals surface area contributed by atoms with Gasteiger partial charge in [-0.3, -0.25) is 0 Å². The standard InChI is InChI=1S/C9H17NO2S/c11-13(12)6-4-10(5-7-13)8-9-2-1-3-9/h9H,1-8H2. The van der Waals surface area contributed by atoms with Gasteiger partial charge < -0.3 is 4.90 Å². The van der Waals surface area contributed by atoms with Crippen molar-refractivity contribution in [3.05, 3.63) is 0 Å². The molecule has 0 bridgehead atoms. The predicted octanol–water partition coefficient (Wildman–Crippen LogP) is 0.517. The van der Waals surface area contributed by atoms with Crippen molar-refractivity contribution in [3.63, 3.8) is 0 Å².